The van der Waals surface area contributed by atoms with Crippen LogP contribution in [0, 0.1) is 12.3 Å². The minimum atomic E-state index is -1.13. The summed E-state index contributed by atoms with van der Waals surface area (Å²) in [5, 5.41) is 0.487. The number of benzene rings is 1. The molecule has 1 aromatic rings. The van der Waals surface area contributed by atoms with E-state index in [9.17, 15) is 0 Å². The Kier molecular flexibility index (Phi) is 5.13. The van der Waals surface area contributed by atoms with Crippen molar-refractivity contribution in [1.82, 2.24) is 0 Å². The molecule has 0 aliphatic rings. The third-order valence-corrected chi connectivity index (χ3v) is 11.0. The van der Waals surface area contributed by atoms with Gasteiger partial charge in [-0.3, -0.25) is 0 Å². The predicted molar refractivity (Wildman–Crippen MR) is 87.1 cm³/mol. The van der Waals surface area contributed by atoms with Gasteiger partial charge in [-0.25, -0.2) is 0 Å². The van der Waals surface area contributed by atoms with Crippen LogP contribution in [0.4, 0.5) is 0 Å². The molecule has 0 fully saturated rings. The van der Waals surface area contributed by atoms with E-state index >= 15 is 0 Å². The Balaban J connectivity index is 2.49. The van der Waals surface area contributed by atoms with Crippen molar-refractivity contribution in [2.75, 3.05) is 5.75 Å². The molecule has 2 heteroatoms. The summed E-state index contributed by atoms with van der Waals surface area (Å²) in [4.78, 5) is 1.33. The maximum absolute atomic E-state index is 5.35. The van der Waals surface area contributed by atoms with Crippen molar-refractivity contribution >= 4 is 19.8 Å². The van der Waals surface area contributed by atoms with Crippen LogP contribution in [0.5, 0.6) is 0 Å². The maximum atomic E-state index is 5.35. The van der Waals surface area contributed by atoms with E-state index in [1.807, 2.05) is 23.9 Å². The topological polar surface area (TPSA) is 0 Å². The van der Waals surface area contributed by atoms with E-state index in [2.05, 4.69) is 51.9 Å². The van der Waals surface area contributed by atoms with Gasteiger partial charge in [-0.15, -0.1) is 18.2 Å². The van der Waals surface area contributed by atoms with E-state index in [4.69, 9.17) is 6.42 Å². The Hall–Kier alpha value is -0.653. The van der Waals surface area contributed by atoms with E-state index in [0.29, 0.717) is 5.04 Å². The molecule has 0 saturated heterocycles. The largest absolute Gasteiger partial charge is 0.126 e. The second-order valence-corrected chi connectivity index (χ2v) is 13.3. The van der Waals surface area contributed by atoms with Gasteiger partial charge in [0.15, 0.2) is 0 Å². The molecule has 0 heterocycles. The molecule has 1 rings (SSSR count). The zero-order valence-electron chi connectivity index (χ0n) is 12.2. The molecule has 0 unspecified atom stereocenters. The quantitative estimate of drug-likeness (QED) is 0.410. The zero-order chi connectivity index (χ0) is 13.8. The monoisotopic (exact) mass is 276 g/mol. The molecular weight excluding hydrogens is 252 g/mol. The van der Waals surface area contributed by atoms with Gasteiger partial charge in [0.1, 0.15) is 0 Å². The Morgan fingerprint density at radius 1 is 1.17 bits per heavy atom. The highest BCUT2D eigenvalue weighted by Crippen LogP contribution is 2.39. The summed E-state index contributed by atoms with van der Waals surface area (Å²) in [6.45, 7) is 12.1. The molecule has 98 valence electrons. The molecule has 0 amide bonds. The van der Waals surface area contributed by atoms with Gasteiger partial charge in [0.2, 0.25) is 0 Å². The number of terminal acetylenes is 1. The summed E-state index contributed by atoms with van der Waals surface area (Å²) in [7, 11) is -1.13. The van der Waals surface area contributed by atoms with E-state index in [0.717, 1.165) is 5.56 Å². The van der Waals surface area contributed by atoms with Crippen LogP contribution < -0.4 is 0 Å². The lowest BCUT2D eigenvalue weighted by Crippen LogP contribution is -2.37. The minimum absolute atomic E-state index is 0.487. The van der Waals surface area contributed by atoms with Gasteiger partial charge in [0.25, 0.3) is 0 Å². The van der Waals surface area contributed by atoms with Gasteiger partial charge in [-0.05, 0) is 41.1 Å². The maximum Gasteiger partial charge on any atom is 0.0535 e. The van der Waals surface area contributed by atoms with Gasteiger partial charge in [0.05, 0.1) is 8.07 Å². The summed E-state index contributed by atoms with van der Waals surface area (Å²) < 4.78 is 0. The number of hydrogen-bond donors (Lipinski definition) is 0. The first-order valence-corrected chi connectivity index (χ1v) is 10.6. The van der Waals surface area contributed by atoms with Crippen LogP contribution in [0.25, 0.3) is 0 Å². The molecule has 0 nitrogen and oxygen atoms in total. The van der Waals surface area contributed by atoms with Crippen LogP contribution >= 0.6 is 11.8 Å². The minimum Gasteiger partial charge on any atom is -0.126 e. The van der Waals surface area contributed by atoms with Gasteiger partial charge >= 0.3 is 0 Å². The Morgan fingerprint density at radius 2 is 1.72 bits per heavy atom. The molecule has 0 bridgehead atoms. The molecule has 0 aromatic heterocycles. The average molecular weight is 277 g/mol. The Bertz CT molecular complexity index is 418. The zero-order valence-corrected chi connectivity index (χ0v) is 14.0. The standard InChI is InChI=1S/C16H24SSi/c1-7-14-8-10-15(11-9-14)17-12-13-18(5,6)16(2,3)4/h1,8-11H,12-13H2,2-6H3. The van der Waals surface area contributed by atoms with Crippen molar-refractivity contribution in [2.24, 2.45) is 0 Å². The lowest BCUT2D eigenvalue weighted by atomic mass is 10.2. The van der Waals surface area contributed by atoms with E-state index in [-0.39, 0.29) is 0 Å². The second-order valence-electron chi connectivity index (χ2n) is 6.40. The average Bonchev–Trinajstić information content (AvgIpc) is 2.28. The van der Waals surface area contributed by atoms with Crippen LogP contribution in [0.2, 0.25) is 24.2 Å². The molecule has 0 saturated carbocycles. The van der Waals surface area contributed by atoms with Gasteiger partial charge < -0.3 is 0 Å². The third kappa shape index (κ3) is 4.22. The van der Waals surface area contributed by atoms with Crippen LogP contribution in [0.15, 0.2) is 29.2 Å². The van der Waals surface area contributed by atoms with E-state index in [1.54, 1.807) is 0 Å². The van der Waals surface area contributed by atoms with Crippen molar-refractivity contribution in [2.45, 2.75) is 49.8 Å². The molecule has 0 aliphatic carbocycles. The fourth-order valence-corrected chi connectivity index (χ4v) is 5.21. The molecule has 18 heavy (non-hydrogen) atoms. The second kappa shape index (κ2) is 5.99. The number of hydrogen-bond acceptors (Lipinski definition) is 1. The molecule has 0 spiro atoms. The van der Waals surface area contributed by atoms with Crippen molar-refractivity contribution in [3.8, 4) is 12.3 Å². The molecule has 0 atom stereocenters. The first-order chi connectivity index (χ1) is 8.26. The van der Waals surface area contributed by atoms with Crippen molar-refractivity contribution in [1.29, 1.82) is 0 Å². The molecule has 0 N–H and O–H groups in total. The lowest BCUT2D eigenvalue weighted by Gasteiger charge is -2.37. The summed E-state index contributed by atoms with van der Waals surface area (Å²) in [5.41, 5.74) is 0.962. The number of thioether (sulfide) groups is 1. The number of rotatable bonds is 4. The van der Waals surface area contributed by atoms with Gasteiger partial charge in [-0.2, -0.15) is 0 Å². The van der Waals surface area contributed by atoms with Crippen LogP contribution in [0.3, 0.4) is 0 Å². The van der Waals surface area contributed by atoms with Gasteiger partial charge in [0, 0.05) is 10.5 Å². The fourth-order valence-electron chi connectivity index (χ4n) is 1.45. The van der Waals surface area contributed by atoms with Gasteiger partial charge in [-0.1, -0.05) is 39.8 Å². The predicted octanol–water partition coefficient (Wildman–Crippen LogP) is 5.27. The third-order valence-electron chi connectivity index (χ3n) is 4.05. The lowest BCUT2D eigenvalue weighted by molar-refractivity contribution is 0.716. The van der Waals surface area contributed by atoms with Crippen LogP contribution in [-0.2, 0) is 0 Å². The SMILES string of the molecule is C#Cc1ccc(SCC[Si](C)(C)C(C)(C)C)cc1. The highest BCUT2D eigenvalue weighted by molar-refractivity contribution is 7.99. The van der Waals surface area contributed by atoms with Crippen molar-refractivity contribution < 1.29 is 0 Å². The molecular formula is C16H24SSi. The Labute approximate surface area is 118 Å². The first kappa shape index (κ1) is 15.4. The van der Waals surface area contributed by atoms with Crippen LogP contribution in [-0.4, -0.2) is 13.8 Å². The molecule has 0 radical (unpaired) electrons. The summed E-state index contributed by atoms with van der Waals surface area (Å²) in [6, 6.07) is 9.67. The molecule has 0 aliphatic heterocycles. The highest BCUT2D eigenvalue weighted by Gasteiger charge is 2.34. The van der Waals surface area contributed by atoms with E-state index < -0.39 is 8.07 Å². The normalized spacial score (nSPS) is 12.2. The summed E-state index contributed by atoms with van der Waals surface area (Å²) >= 11 is 1.95. The first-order valence-electron chi connectivity index (χ1n) is 6.46. The van der Waals surface area contributed by atoms with Crippen LogP contribution in [0.1, 0.15) is 26.3 Å². The molecule has 1 aromatic carbocycles. The van der Waals surface area contributed by atoms with Crippen molar-refractivity contribution in [3.63, 3.8) is 0 Å². The highest BCUT2D eigenvalue weighted by atomic mass is 32.2. The summed E-state index contributed by atoms with van der Waals surface area (Å²) in [6.07, 6.45) is 5.35. The smallest absolute Gasteiger partial charge is 0.0535 e. The van der Waals surface area contributed by atoms with E-state index in [1.165, 1.54) is 16.7 Å². The van der Waals surface area contributed by atoms with Crippen molar-refractivity contribution in [3.05, 3.63) is 29.8 Å². The Morgan fingerprint density at radius 3 is 2.17 bits per heavy atom. The summed E-state index contributed by atoms with van der Waals surface area (Å²) in [5.74, 6) is 3.87. The fraction of sp³-hybridized carbons (Fsp3) is 0.500.